The highest BCUT2D eigenvalue weighted by atomic mass is 16.6. The molecule has 0 unspecified atom stereocenters. The third kappa shape index (κ3) is 2.73. The zero-order chi connectivity index (χ0) is 17.4. The van der Waals surface area contributed by atoms with Crippen LogP contribution < -0.4 is 10.5 Å². The number of aromatic amines is 1. The second-order valence-corrected chi connectivity index (χ2v) is 6.08. The first-order chi connectivity index (χ1) is 12.1. The van der Waals surface area contributed by atoms with Gasteiger partial charge in [0.15, 0.2) is 0 Å². The molecule has 25 heavy (non-hydrogen) atoms. The van der Waals surface area contributed by atoms with E-state index in [1.807, 2.05) is 6.07 Å². The molecule has 0 amide bonds. The molecular weight excluding hydrogens is 320 g/mol. The topological polar surface area (TPSA) is 92.1 Å². The second kappa shape index (κ2) is 6.01. The molecule has 1 aromatic heterocycles. The van der Waals surface area contributed by atoms with Crippen molar-refractivity contribution in [2.75, 3.05) is 18.0 Å². The summed E-state index contributed by atoms with van der Waals surface area (Å²) >= 11 is 0. The van der Waals surface area contributed by atoms with Crippen LogP contribution in [0.5, 0.6) is 0 Å². The fourth-order valence-corrected chi connectivity index (χ4v) is 3.27. The van der Waals surface area contributed by atoms with Crippen molar-refractivity contribution in [3.63, 3.8) is 0 Å². The van der Waals surface area contributed by atoms with Gasteiger partial charge < -0.3 is 9.88 Å². The number of non-ortho nitro benzene ring substituents is 1. The molecule has 1 saturated heterocycles. The Labute approximate surface area is 143 Å². The average Bonchev–Trinajstić information content (AvgIpc) is 3.15. The summed E-state index contributed by atoms with van der Waals surface area (Å²) in [4.78, 5) is 32.6. The fraction of sp³-hybridized carbons (Fsp3) is 0.222. The molecule has 0 bridgehead atoms. The van der Waals surface area contributed by atoms with E-state index in [1.54, 1.807) is 30.3 Å². The molecule has 0 saturated carbocycles. The zero-order valence-electron chi connectivity index (χ0n) is 13.4. The van der Waals surface area contributed by atoms with E-state index < -0.39 is 4.92 Å². The van der Waals surface area contributed by atoms with Crippen molar-refractivity contribution in [2.45, 2.75) is 12.8 Å². The molecule has 0 radical (unpaired) electrons. The minimum Gasteiger partial charge on any atom is -0.371 e. The maximum atomic E-state index is 12.4. The molecule has 2 aromatic carbocycles. The lowest BCUT2D eigenvalue weighted by Crippen LogP contribution is -2.19. The summed E-state index contributed by atoms with van der Waals surface area (Å²) in [7, 11) is 0. The van der Waals surface area contributed by atoms with Crippen LogP contribution in [0.3, 0.4) is 0 Å². The van der Waals surface area contributed by atoms with Gasteiger partial charge in [0.1, 0.15) is 5.82 Å². The summed E-state index contributed by atoms with van der Waals surface area (Å²) in [5.74, 6) is 0.431. The molecule has 126 valence electrons. The number of para-hydroxylation sites is 1. The third-order valence-corrected chi connectivity index (χ3v) is 4.51. The van der Waals surface area contributed by atoms with E-state index in [9.17, 15) is 14.9 Å². The monoisotopic (exact) mass is 336 g/mol. The molecular formula is C18H16N4O3. The number of nitrogens with zero attached hydrogens (tertiary/aromatic N) is 3. The minimum absolute atomic E-state index is 0.0359. The number of anilines is 1. The Balaban J connectivity index is 1.92. The van der Waals surface area contributed by atoms with Gasteiger partial charge in [0, 0.05) is 30.8 Å². The van der Waals surface area contributed by atoms with Crippen LogP contribution in [-0.2, 0) is 0 Å². The van der Waals surface area contributed by atoms with Gasteiger partial charge in [0.05, 0.1) is 21.5 Å². The number of nitrogens with one attached hydrogen (secondary N) is 1. The minimum atomic E-state index is -0.403. The Morgan fingerprint density at radius 3 is 2.64 bits per heavy atom. The molecule has 4 rings (SSSR count). The lowest BCUT2D eigenvalue weighted by Gasteiger charge is -2.20. The molecule has 1 aliphatic heterocycles. The zero-order valence-corrected chi connectivity index (χ0v) is 13.4. The first kappa shape index (κ1) is 15.3. The van der Waals surface area contributed by atoms with Crippen LogP contribution in [-0.4, -0.2) is 28.0 Å². The highest BCUT2D eigenvalue weighted by molar-refractivity contribution is 5.83. The van der Waals surface area contributed by atoms with Gasteiger partial charge in [0.2, 0.25) is 0 Å². The predicted molar refractivity (Wildman–Crippen MR) is 95.9 cm³/mol. The van der Waals surface area contributed by atoms with Gasteiger partial charge in [-0.05, 0) is 31.0 Å². The number of fused-ring (bicyclic) bond motifs is 1. The Kier molecular flexibility index (Phi) is 3.68. The molecule has 0 atom stereocenters. The number of hydrogen-bond acceptors (Lipinski definition) is 5. The van der Waals surface area contributed by atoms with E-state index in [0.717, 1.165) is 31.6 Å². The second-order valence-electron chi connectivity index (χ2n) is 6.08. The van der Waals surface area contributed by atoms with Crippen LogP contribution in [0.15, 0.2) is 47.3 Å². The lowest BCUT2D eigenvalue weighted by atomic mass is 10.1. The van der Waals surface area contributed by atoms with E-state index >= 15 is 0 Å². The average molecular weight is 336 g/mol. The van der Waals surface area contributed by atoms with Crippen LogP contribution in [0.4, 0.5) is 11.4 Å². The maximum absolute atomic E-state index is 12.4. The van der Waals surface area contributed by atoms with Crippen molar-refractivity contribution < 1.29 is 4.92 Å². The summed E-state index contributed by atoms with van der Waals surface area (Å²) in [5, 5.41) is 11.7. The number of aromatic nitrogens is 2. The smallest absolute Gasteiger partial charge is 0.271 e. The van der Waals surface area contributed by atoms with E-state index in [4.69, 9.17) is 0 Å². The van der Waals surface area contributed by atoms with Crippen LogP contribution in [0, 0.1) is 10.1 Å². The largest absolute Gasteiger partial charge is 0.371 e. The summed E-state index contributed by atoms with van der Waals surface area (Å²) in [6.45, 7) is 1.68. The number of hydrogen-bond donors (Lipinski definition) is 1. The molecule has 0 spiro atoms. The number of rotatable bonds is 3. The number of benzene rings is 2. The number of H-pyrrole nitrogens is 1. The maximum Gasteiger partial charge on any atom is 0.271 e. The van der Waals surface area contributed by atoms with Crippen molar-refractivity contribution in [3.05, 3.63) is 62.9 Å². The third-order valence-electron chi connectivity index (χ3n) is 4.51. The molecule has 7 heteroatoms. The summed E-state index contributed by atoms with van der Waals surface area (Å²) in [6.07, 6.45) is 2.09. The molecule has 0 aliphatic carbocycles. The van der Waals surface area contributed by atoms with Gasteiger partial charge >= 0.3 is 0 Å². The van der Waals surface area contributed by atoms with Crippen molar-refractivity contribution >= 4 is 22.3 Å². The van der Waals surface area contributed by atoms with Crippen LogP contribution in [0.2, 0.25) is 0 Å². The Morgan fingerprint density at radius 1 is 1.12 bits per heavy atom. The first-order valence-corrected chi connectivity index (χ1v) is 8.16. The standard InChI is InChI=1S/C18H16N4O3/c23-18-13-5-1-2-6-15(13)19-17(20-18)14-8-7-12(22(24)25)11-16(14)21-9-3-4-10-21/h1-2,5-8,11H,3-4,9-10H2,(H,19,20,23). The van der Waals surface area contributed by atoms with Gasteiger partial charge in [0.25, 0.3) is 11.2 Å². The van der Waals surface area contributed by atoms with Crippen LogP contribution >= 0.6 is 0 Å². The van der Waals surface area contributed by atoms with E-state index in [-0.39, 0.29) is 11.2 Å². The van der Waals surface area contributed by atoms with E-state index in [2.05, 4.69) is 14.9 Å². The molecule has 7 nitrogen and oxygen atoms in total. The lowest BCUT2D eigenvalue weighted by molar-refractivity contribution is -0.384. The van der Waals surface area contributed by atoms with E-state index in [1.165, 1.54) is 6.07 Å². The SMILES string of the molecule is O=c1[nH]c(-c2ccc([N+](=O)[O-])cc2N2CCCC2)nc2ccccc12. The molecule has 1 aliphatic rings. The molecule has 3 aromatic rings. The summed E-state index contributed by atoms with van der Waals surface area (Å²) < 4.78 is 0. The van der Waals surface area contributed by atoms with Crippen molar-refractivity contribution in [1.82, 2.24) is 9.97 Å². The highest BCUT2D eigenvalue weighted by Crippen LogP contribution is 2.34. The molecule has 1 fully saturated rings. The highest BCUT2D eigenvalue weighted by Gasteiger charge is 2.21. The van der Waals surface area contributed by atoms with Crippen molar-refractivity contribution in [1.29, 1.82) is 0 Å². The normalized spacial score (nSPS) is 14.2. The number of nitro groups is 1. The van der Waals surface area contributed by atoms with Gasteiger partial charge in [-0.15, -0.1) is 0 Å². The quantitative estimate of drug-likeness (QED) is 0.586. The Bertz CT molecular complexity index is 1020. The molecule has 2 heterocycles. The fourth-order valence-electron chi connectivity index (χ4n) is 3.27. The van der Waals surface area contributed by atoms with E-state index in [0.29, 0.717) is 22.3 Å². The van der Waals surface area contributed by atoms with Gasteiger partial charge in [-0.1, -0.05) is 12.1 Å². The summed E-state index contributed by atoms with van der Waals surface area (Å²) in [6, 6.07) is 11.8. The number of nitro benzene ring substituents is 1. The van der Waals surface area contributed by atoms with Gasteiger partial charge in [-0.25, -0.2) is 4.98 Å². The van der Waals surface area contributed by atoms with Crippen molar-refractivity contribution in [3.8, 4) is 11.4 Å². The Hall–Kier alpha value is -3.22. The Morgan fingerprint density at radius 2 is 1.88 bits per heavy atom. The van der Waals surface area contributed by atoms with Crippen LogP contribution in [0.1, 0.15) is 12.8 Å². The van der Waals surface area contributed by atoms with Gasteiger partial charge in [-0.2, -0.15) is 0 Å². The predicted octanol–water partition coefficient (Wildman–Crippen LogP) is 3.10. The molecule has 1 N–H and O–H groups in total. The summed E-state index contributed by atoms with van der Waals surface area (Å²) in [5.41, 5.74) is 1.87. The van der Waals surface area contributed by atoms with Crippen LogP contribution in [0.25, 0.3) is 22.3 Å². The van der Waals surface area contributed by atoms with Crippen molar-refractivity contribution in [2.24, 2.45) is 0 Å². The first-order valence-electron chi connectivity index (χ1n) is 8.16. The van der Waals surface area contributed by atoms with Gasteiger partial charge in [-0.3, -0.25) is 14.9 Å².